The minimum Gasteiger partial charge on any atom is -0.394 e. The summed E-state index contributed by atoms with van der Waals surface area (Å²) in [7, 11) is 0. The number of carbonyl (C=O) groups excluding carboxylic acids is 1. The van der Waals surface area contributed by atoms with Gasteiger partial charge in [0.05, 0.1) is 12.6 Å². The van der Waals surface area contributed by atoms with Crippen LogP contribution in [-0.2, 0) is 5.41 Å². The Kier molecular flexibility index (Phi) is 5.05. The molecule has 1 aromatic rings. The van der Waals surface area contributed by atoms with E-state index in [9.17, 15) is 4.79 Å². The molecule has 4 nitrogen and oxygen atoms in total. The number of rotatable bonds is 5. The van der Waals surface area contributed by atoms with E-state index in [2.05, 4.69) is 38.7 Å². The molecule has 1 saturated carbocycles. The van der Waals surface area contributed by atoms with Gasteiger partial charge in [0.25, 0.3) is 0 Å². The molecule has 2 rings (SSSR count). The Bertz CT molecular complexity index is 475. The van der Waals surface area contributed by atoms with Crippen molar-refractivity contribution in [3.05, 3.63) is 34.3 Å². The van der Waals surface area contributed by atoms with Gasteiger partial charge in [0.1, 0.15) is 0 Å². The van der Waals surface area contributed by atoms with E-state index < -0.39 is 0 Å². The van der Waals surface area contributed by atoms with E-state index in [1.807, 2.05) is 12.1 Å². The summed E-state index contributed by atoms with van der Waals surface area (Å²) in [4.78, 5) is 11.8. The van der Waals surface area contributed by atoms with Crippen LogP contribution >= 0.6 is 15.9 Å². The van der Waals surface area contributed by atoms with Crippen LogP contribution in [0, 0.1) is 0 Å². The van der Waals surface area contributed by atoms with Crippen LogP contribution in [0.15, 0.2) is 28.7 Å². The molecule has 0 radical (unpaired) electrons. The van der Waals surface area contributed by atoms with Crippen molar-refractivity contribution >= 4 is 22.0 Å². The predicted octanol–water partition coefficient (Wildman–Crippen LogP) is 2.55. The lowest BCUT2D eigenvalue weighted by molar-refractivity contribution is 0.204. The summed E-state index contributed by atoms with van der Waals surface area (Å²) in [6.07, 6.45) is 3.39. The number of aliphatic hydroxyl groups excluding tert-OH is 1. The van der Waals surface area contributed by atoms with E-state index >= 15 is 0 Å². The molecule has 110 valence electrons. The molecule has 0 heterocycles. The molecule has 0 aliphatic heterocycles. The number of nitrogens with one attached hydrogen (secondary N) is 2. The first-order valence-corrected chi connectivity index (χ1v) is 7.76. The molecule has 1 aliphatic rings. The van der Waals surface area contributed by atoms with E-state index in [4.69, 9.17) is 5.11 Å². The molecule has 0 unspecified atom stereocenters. The van der Waals surface area contributed by atoms with Crippen LogP contribution in [0.5, 0.6) is 0 Å². The van der Waals surface area contributed by atoms with Crippen molar-refractivity contribution in [2.75, 3.05) is 13.2 Å². The molecule has 0 spiro atoms. The molecule has 20 heavy (non-hydrogen) atoms. The normalized spacial score (nSPS) is 17.9. The first kappa shape index (κ1) is 15.3. The average molecular weight is 341 g/mol. The fourth-order valence-corrected chi connectivity index (χ4v) is 2.96. The van der Waals surface area contributed by atoms with Gasteiger partial charge in [-0.25, -0.2) is 4.79 Å². The van der Waals surface area contributed by atoms with Gasteiger partial charge in [0.2, 0.25) is 0 Å². The zero-order chi connectivity index (χ0) is 14.6. The molecule has 0 bridgehead atoms. The summed E-state index contributed by atoms with van der Waals surface area (Å²) in [6.45, 7) is 2.35. The summed E-state index contributed by atoms with van der Waals surface area (Å²) >= 11 is 3.50. The van der Waals surface area contributed by atoms with Gasteiger partial charge in [-0.15, -0.1) is 0 Å². The highest BCUT2D eigenvalue weighted by molar-refractivity contribution is 9.10. The van der Waals surface area contributed by atoms with Gasteiger partial charge < -0.3 is 15.7 Å². The van der Waals surface area contributed by atoms with Crippen LogP contribution in [0.3, 0.4) is 0 Å². The Labute approximate surface area is 128 Å². The molecular weight excluding hydrogens is 320 g/mol. The number of halogens is 1. The van der Waals surface area contributed by atoms with Crippen LogP contribution in [-0.4, -0.2) is 30.3 Å². The van der Waals surface area contributed by atoms with Crippen molar-refractivity contribution in [2.24, 2.45) is 0 Å². The third-order valence-corrected chi connectivity index (χ3v) is 4.48. The fraction of sp³-hybridized carbons (Fsp3) is 0.533. The third kappa shape index (κ3) is 3.52. The molecule has 1 fully saturated rings. The third-order valence-electron chi connectivity index (χ3n) is 3.99. The summed E-state index contributed by atoms with van der Waals surface area (Å²) in [6, 6.07) is 7.87. The standard InChI is InChI=1S/C15H21BrN2O2/c1-11(9-19)18-14(20)17-10-15(6-3-7-15)12-4-2-5-13(16)8-12/h2,4-5,8,11,19H,3,6-7,9-10H2,1H3,(H2,17,18,20)/t11-/m0/s1. The maximum Gasteiger partial charge on any atom is 0.315 e. The number of carbonyl (C=O) groups is 1. The summed E-state index contributed by atoms with van der Waals surface area (Å²) in [5, 5.41) is 14.6. The number of aliphatic hydroxyl groups is 1. The number of hydrogen-bond donors (Lipinski definition) is 3. The first-order valence-electron chi connectivity index (χ1n) is 6.97. The second-order valence-corrected chi connectivity index (χ2v) is 6.47. The Morgan fingerprint density at radius 1 is 1.50 bits per heavy atom. The fourth-order valence-electron chi connectivity index (χ4n) is 2.56. The topological polar surface area (TPSA) is 61.4 Å². The van der Waals surface area contributed by atoms with Crippen LogP contribution < -0.4 is 10.6 Å². The molecule has 1 aromatic carbocycles. The SMILES string of the molecule is C[C@@H](CO)NC(=O)NCC1(c2cccc(Br)c2)CCC1. The molecule has 2 amide bonds. The van der Waals surface area contributed by atoms with E-state index in [0.717, 1.165) is 17.3 Å². The monoisotopic (exact) mass is 340 g/mol. The maximum atomic E-state index is 11.8. The minimum atomic E-state index is -0.224. The largest absolute Gasteiger partial charge is 0.394 e. The van der Waals surface area contributed by atoms with Crippen LogP contribution in [0.25, 0.3) is 0 Å². The van der Waals surface area contributed by atoms with E-state index in [-0.39, 0.29) is 24.1 Å². The summed E-state index contributed by atoms with van der Waals surface area (Å²) < 4.78 is 1.07. The average Bonchev–Trinajstić information content (AvgIpc) is 2.37. The highest BCUT2D eigenvalue weighted by atomic mass is 79.9. The highest BCUT2D eigenvalue weighted by Crippen LogP contribution is 2.43. The van der Waals surface area contributed by atoms with E-state index in [1.54, 1.807) is 6.92 Å². The van der Waals surface area contributed by atoms with Crippen molar-refractivity contribution in [1.29, 1.82) is 0 Å². The van der Waals surface area contributed by atoms with Crippen LogP contribution in [0.1, 0.15) is 31.7 Å². The van der Waals surface area contributed by atoms with Gasteiger partial charge in [-0.05, 0) is 37.5 Å². The molecule has 0 aromatic heterocycles. The Morgan fingerprint density at radius 3 is 2.80 bits per heavy atom. The second kappa shape index (κ2) is 6.59. The van der Waals surface area contributed by atoms with Crippen molar-refractivity contribution in [1.82, 2.24) is 10.6 Å². The second-order valence-electron chi connectivity index (χ2n) is 5.55. The van der Waals surface area contributed by atoms with Gasteiger partial charge in [0.15, 0.2) is 0 Å². The molecule has 5 heteroatoms. The van der Waals surface area contributed by atoms with Crippen molar-refractivity contribution in [3.8, 4) is 0 Å². The number of urea groups is 1. The molecule has 1 atom stereocenters. The number of hydrogen-bond acceptors (Lipinski definition) is 2. The molecule has 0 saturated heterocycles. The van der Waals surface area contributed by atoms with Gasteiger partial charge in [-0.3, -0.25) is 0 Å². The van der Waals surface area contributed by atoms with Crippen molar-refractivity contribution in [3.63, 3.8) is 0 Å². The smallest absolute Gasteiger partial charge is 0.315 e. The molecular formula is C15H21BrN2O2. The van der Waals surface area contributed by atoms with Crippen molar-refractivity contribution in [2.45, 2.75) is 37.6 Å². The number of amides is 2. The first-order chi connectivity index (χ1) is 9.55. The zero-order valence-electron chi connectivity index (χ0n) is 11.7. The van der Waals surface area contributed by atoms with E-state index in [1.165, 1.54) is 12.0 Å². The lowest BCUT2D eigenvalue weighted by Crippen LogP contribution is -2.50. The number of benzene rings is 1. The van der Waals surface area contributed by atoms with Crippen LogP contribution in [0.4, 0.5) is 4.79 Å². The summed E-state index contributed by atoms with van der Waals surface area (Å²) in [5.41, 5.74) is 1.33. The van der Waals surface area contributed by atoms with Gasteiger partial charge in [-0.1, -0.05) is 34.5 Å². The van der Waals surface area contributed by atoms with Crippen LogP contribution in [0.2, 0.25) is 0 Å². The lowest BCUT2D eigenvalue weighted by atomic mass is 9.64. The Balaban J connectivity index is 1.97. The Morgan fingerprint density at radius 2 is 2.25 bits per heavy atom. The van der Waals surface area contributed by atoms with E-state index in [0.29, 0.717) is 6.54 Å². The molecule has 3 N–H and O–H groups in total. The van der Waals surface area contributed by atoms with Crippen molar-refractivity contribution < 1.29 is 9.90 Å². The van der Waals surface area contributed by atoms with Gasteiger partial charge in [0, 0.05) is 16.4 Å². The minimum absolute atomic E-state index is 0.0514. The quantitative estimate of drug-likeness (QED) is 0.771. The predicted molar refractivity (Wildman–Crippen MR) is 82.8 cm³/mol. The van der Waals surface area contributed by atoms with Gasteiger partial charge in [-0.2, -0.15) is 0 Å². The lowest BCUT2D eigenvalue weighted by Gasteiger charge is -2.42. The highest BCUT2D eigenvalue weighted by Gasteiger charge is 2.38. The van der Waals surface area contributed by atoms with Gasteiger partial charge >= 0.3 is 6.03 Å². The Hall–Kier alpha value is -1.07. The maximum absolute atomic E-state index is 11.8. The summed E-state index contributed by atoms with van der Waals surface area (Å²) in [5.74, 6) is 0. The molecule has 1 aliphatic carbocycles. The zero-order valence-corrected chi connectivity index (χ0v) is 13.2.